The van der Waals surface area contributed by atoms with E-state index in [0.29, 0.717) is 6.04 Å². The van der Waals surface area contributed by atoms with Crippen molar-refractivity contribution >= 4 is 11.3 Å². The van der Waals surface area contributed by atoms with Gasteiger partial charge in [-0.2, -0.15) is 11.3 Å². The molecule has 0 aliphatic carbocycles. The van der Waals surface area contributed by atoms with Crippen molar-refractivity contribution in [1.82, 2.24) is 4.90 Å². The molecule has 1 aromatic rings. The summed E-state index contributed by atoms with van der Waals surface area (Å²) in [6.45, 7) is 1.26. The first-order valence-corrected chi connectivity index (χ1v) is 5.04. The molecule has 2 rings (SSSR count). The van der Waals surface area contributed by atoms with Crippen molar-refractivity contribution in [2.24, 2.45) is 0 Å². The zero-order valence-corrected chi connectivity index (χ0v) is 7.60. The fraction of sp³-hybridized carbons (Fsp3) is 0.556. The van der Waals surface area contributed by atoms with E-state index in [-0.39, 0.29) is 0 Å². The summed E-state index contributed by atoms with van der Waals surface area (Å²) in [5.74, 6) is 0. The van der Waals surface area contributed by atoms with Crippen molar-refractivity contribution in [2.75, 3.05) is 13.6 Å². The van der Waals surface area contributed by atoms with Gasteiger partial charge in [0.05, 0.1) is 0 Å². The van der Waals surface area contributed by atoms with Gasteiger partial charge >= 0.3 is 0 Å². The predicted octanol–water partition coefficient (Wildman–Crippen LogP) is 2.51. The lowest BCUT2D eigenvalue weighted by Gasteiger charge is -2.17. The summed E-state index contributed by atoms with van der Waals surface area (Å²) >= 11 is 1.80. The maximum Gasteiger partial charge on any atom is 0.0353 e. The molecule has 2 heterocycles. The molecule has 0 unspecified atom stereocenters. The van der Waals surface area contributed by atoms with Crippen molar-refractivity contribution in [2.45, 2.75) is 18.9 Å². The highest BCUT2D eigenvalue weighted by molar-refractivity contribution is 7.07. The average Bonchev–Trinajstić information content (AvgIpc) is 2.55. The predicted molar refractivity (Wildman–Crippen MR) is 48.9 cm³/mol. The van der Waals surface area contributed by atoms with E-state index < -0.39 is 0 Å². The molecule has 0 saturated carbocycles. The molecular formula is C9H13NS. The van der Waals surface area contributed by atoms with Crippen molar-refractivity contribution < 1.29 is 0 Å². The zero-order chi connectivity index (χ0) is 7.68. The average molecular weight is 167 g/mol. The summed E-state index contributed by atoms with van der Waals surface area (Å²) in [5, 5.41) is 4.44. The molecule has 0 spiro atoms. The highest BCUT2D eigenvalue weighted by atomic mass is 32.1. The van der Waals surface area contributed by atoms with E-state index in [1.807, 2.05) is 0 Å². The third-order valence-electron chi connectivity index (χ3n) is 2.45. The molecular weight excluding hydrogens is 154 g/mol. The van der Waals surface area contributed by atoms with Crippen molar-refractivity contribution in [3.8, 4) is 0 Å². The van der Waals surface area contributed by atoms with Crippen LogP contribution in [0.3, 0.4) is 0 Å². The molecule has 0 radical (unpaired) electrons. The molecule has 1 aliphatic heterocycles. The van der Waals surface area contributed by atoms with Crippen LogP contribution in [0.15, 0.2) is 16.8 Å². The van der Waals surface area contributed by atoms with Gasteiger partial charge in [0.2, 0.25) is 0 Å². The van der Waals surface area contributed by atoms with Gasteiger partial charge in [-0.3, -0.25) is 4.90 Å². The van der Waals surface area contributed by atoms with Gasteiger partial charge in [-0.25, -0.2) is 0 Å². The molecule has 0 N–H and O–H groups in total. The maximum absolute atomic E-state index is 2.45. The Morgan fingerprint density at radius 1 is 1.64 bits per heavy atom. The lowest BCUT2D eigenvalue weighted by atomic mass is 10.1. The van der Waals surface area contributed by atoms with E-state index in [9.17, 15) is 0 Å². The first-order chi connectivity index (χ1) is 5.38. The standard InChI is InChI=1S/C9H13NS/c1-10-5-2-3-9(10)8-4-6-11-7-8/h4,6-7,9H,2-3,5H2,1H3/t9-/m0/s1. The van der Waals surface area contributed by atoms with Crippen LogP contribution in [-0.4, -0.2) is 18.5 Å². The van der Waals surface area contributed by atoms with Gasteiger partial charge in [0.25, 0.3) is 0 Å². The molecule has 0 bridgehead atoms. The topological polar surface area (TPSA) is 3.24 Å². The van der Waals surface area contributed by atoms with E-state index in [0.717, 1.165) is 0 Å². The molecule has 2 heteroatoms. The van der Waals surface area contributed by atoms with Gasteiger partial charge in [0.15, 0.2) is 0 Å². The number of thiophene rings is 1. The van der Waals surface area contributed by atoms with E-state index in [4.69, 9.17) is 0 Å². The minimum absolute atomic E-state index is 0.709. The summed E-state index contributed by atoms with van der Waals surface area (Å²) in [6, 6.07) is 2.96. The number of rotatable bonds is 1. The molecule has 1 nitrogen and oxygen atoms in total. The van der Waals surface area contributed by atoms with Crippen LogP contribution < -0.4 is 0 Å². The lowest BCUT2D eigenvalue weighted by molar-refractivity contribution is 0.318. The molecule has 1 saturated heterocycles. The molecule has 0 amide bonds. The van der Waals surface area contributed by atoms with Gasteiger partial charge in [0, 0.05) is 6.04 Å². The van der Waals surface area contributed by atoms with Crippen LogP contribution in [-0.2, 0) is 0 Å². The van der Waals surface area contributed by atoms with Crippen LogP contribution in [0.1, 0.15) is 24.4 Å². The normalized spacial score (nSPS) is 26.1. The second-order valence-corrected chi connectivity index (χ2v) is 3.98. The van der Waals surface area contributed by atoms with Gasteiger partial charge < -0.3 is 0 Å². The van der Waals surface area contributed by atoms with E-state index >= 15 is 0 Å². The summed E-state index contributed by atoms with van der Waals surface area (Å²) in [4.78, 5) is 2.45. The van der Waals surface area contributed by atoms with Crippen LogP contribution >= 0.6 is 11.3 Å². The quantitative estimate of drug-likeness (QED) is 0.621. The maximum atomic E-state index is 2.45. The van der Waals surface area contributed by atoms with Gasteiger partial charge in [0.1, 0.15) is 0 Å². The summed E-state index contributed by atoms with van der Waals surface area (Å²) in [6.07, 6.45) is 2.70. The Bertz CT molecular complexity index is 217. The molecule has 0 aromatic carbocycles. The third-order valence-corrected chi connectivity index (χ3v) is 3.15. The first kappa shape index (κ1) is 7.32. The van der Waals surface area contributed by atoms with E-state index in [2.05, 4.69) is 28.8 Å². The highest BCUT2D eigenvalue weighted by Crippen LogP contribution is 2.31. The highest BCUT2D eigenvalue weighted by Gasteiger charge is 2.22. The second kappa shape index (κ2) is 2.95. The molecule has 1 fully saturated rings. The summed E-state index contributed by atoms with van der Waals surface area (Å²) in [7, 11) is 2.22. The molecule has 1 atom stereocenters. The number of hydrogen-bond donors (Lipinski definition) is 0. The third kappa shape index (κ3) is 1.33. The molecule has 11 heavy (non-hydrogen) atoms. The molecule has 1 aromatic heterocycles. The smallest absolute Gasteiger partial charge is 0.0353 e. The Labute approximate surface area is 71.7 Å². The SMILES string of the molecule is CN1CCC[C@H]1c1ccsc1. The van der Waals surface area contributed by atoms with Gasteiger partial charge in [-0.15, -0.1) is 0 Å². The Morgan fingerprint density at radius 3 is 3.09 bits per heavy atom. The number of nitrogens with zero attached hydrogens (tertiary/aromatic N) is 1. The second-order valence-electron chi connectivity index (χ2n) is 3.20. The van der Waals surface area contributed by atoms with Crippen LogP contribution in [0.5, 0.6) is 0 Å². The van der Waals surface area contributed by atoms with Crippen molar-refractivity contribution in [3.05, 3.63) is 22.4 Å². The fourth-order valence-electron chi connectivity index (χ4n) is 1.80. The number of hydrogen-bond acceptors (Lipinski definition) is 2. The van der Waals surface area contributed by atoms with E-state index in [1.165, 1.54) is 24.9 Å². The van der Waals surface area contributed by atoms with Crippen LogP contribution in [0, 0.1) is 0 Å². The van der Waals surface area contributed by atoms with Crippen molar-refractivity contribution in [3.63, 3.8) is 0 Å². The van der Waals surface area contributed by atoms with Crippen LogP contribution in [0.2, 0.25) is 0 Å². The molecule has 60 valence electrons. The zero-order valence-electron chi connectivity index (χ0n) is 6.79. The first-order valence-electron chi connectivity index (χ1n) is 4.10. The van der Waals surface area contributed by atoms with Crippen LogP contribution in [0.25, 0.3) is 0 Å². The number of likely N-dealkylation sites (tertiary alicyclic amines) is 1. The minimum Gasteiger partial charge on any atom is -0.299 e. The Morgan fingerprint density at radius 2 is 2.55 bits per heavy atom. The monoisotopic (exact) mass is 167 g/mol. The lowest BCUT2D eigenvalue weighted by Crippen LogP contribution is -2.16. The fourth-order valence-corrected chi connectivity index (χ4v) is 2.50. The minimum atomic E-state index is 0.709. The summed E-state index contributed by atoms with van der Waals surface area (Å²) in [5.41, 5.74) is 1.51. The van der Waals surface area contributed by atoms with Gasteiger partial charge in [-0.05, 0) is 48.8 Å². The van der Waals surface area contributed by atoms with Crippen molar-refractivity contribution in [1.29, 1.82) is 0 Å². The Balaban J connectivity index is 2.16. The van der Waals surface area contributed by atoms with Crippen LogP contribution in [0.4, 0.5) is 0 Å². The summed E-state index contributed by atoms with van der Waals surface area (Å²) < 4.78 is 0. The largest absolute Gasteiger partial charge is 0.299 e. The van der Waals surface area contributed by atoms with E-state index in [1.54, 1.807) is 11.3 Å². The Hall–Kier alpha value is -0.340. The Kier molecular flexibility index (Phi) is 1.96. The van der Waals surface area contributed by atoms with Gasteiger partial charge in [-0.1, -0.05) is 0 Å². The molecule has 1 aliphatic rings.